The van der Waals surface area contributed by atoms with Crippen LogP contribution >= 0.6 is 12.4 Å². The van der Waals surface area contributed by atoms with Crippen LogP contribution < -0.4 is 5.90 Å². The molecule has 0 saturated heterocycles. The standard InChI is InChI=1S/C16H31NO2.ClH/c1-3-4-5-6-7-8-9-10-11-12-13-14-15(2)16(18)19-17;/h14H,3-13,17H2,1-2H3;1H. The lowest BCUT2D eigenvalue weighted by molar-refractivity contribution is -0.139. The lowest BCUT2D eigenvalue weighted by atomic mass is 10.1. The molecule has 0 aromatic heterocycles. The predicted octanol–water partition coefficient (Wildman–Crippen LogP) is 5.08. The Hall–Kier alpha value is -0.540. The summed E-state index contributed by atoms with van der Waals surface area (Å²) in [6, 6.07) is 0. The molecule has 0 spiro atoms. The summed E-state index contributed by atoms with van der Waals surface area (Å²) < 4.78 is 0. The first-order valence-electron chi connectivity index (χ1n) is 7.80. The second-order valence-corrected chi connectivity index (χ2v) is 5.26. The SMILES string of the molecule is CCCCCCCCCCCCC=C(C)C(=O)ON.Cl. The van der Waals surface area contributed by atoms with E-state index in [-0.39, 0.29) is 12.4 Å². The van der Waals surface area contributed by atoms with Gasteiger partial charge in [-0.1, -0.05) is 70.8 Å². The minimum absolute atomic E-state index is 0. The largest absolute Gasteiger partial charge is 0.370 e. The maximum atomic E-state index is 11.0. The number of unbranched alkanes of at least 4 members (excludes halogenated alkanes) is 10. The molecule has 0 atom stereocenters. The highest BCUT2D eigenvalue weighted by molar-refractivity contribution is 5.87. The minimum Gasteiger partial charge on any atom is -0.370 e. The normalized spacial score (nSPS) is 11.1. The Balaban J connectivity index is 0. The van der Waals surface area contributed by atoms with Crippen molar-refractivity contribution in [1.29, 1.82) is 0 Å². The summed E-state index contributed by atoms with van der Waals surface area (Å²) in [5, 5.41) is 0. The van der Waals surface area contributed by atoms with Gasteiger partial charge in [0.15, 0.2) is 0 Å². The highest BCUT2D eigenvalue weighted by atomic mass is 35.5. The molecule has 0 aromatic carbocycles. The van der Waals surface area contributed by atoms with Crippen molar-refractivity contribution in [3.63, 3.8) is 0 Å². The van der Waals surface area contributed by atoms with Crippen LogP contribution in [0.3, 0.4) is 0 Å². The van der Waals surface area contributed by atoms with E-state index >= 15 is 0 Å². The molecule has 0 unspecified atom stereocenters. The van der Waals surface area contributed by atoms with E-state index in [9.17, 15) is 4.79 Å². The Morgan fingerprint density at radius 1 is 0.950 bits per heavy atom. The second-order valence-electron chi connectivity index (χ2n) is 5.26. The molecule has 0 bridgehead atoms. The van der Waals surface area contributed by atoms with Crippen molar-refractivity contribution in [1.82, 2.24) is 0 Å². The van der Waals surface area contributed by atoms with Gasteiger partial charge in [0, 0.05) is 5.57 Å². The van der Waals surface area contributed by atoms with Gasteiger partial charge in [0.25, 0.3) is 0 Å². The van der Waals surface area contributed by atoms with E-state index < -0.39 is 5.97 Å². The number of carbonyl (C=O) groups excluding carboxylic acids is 1. The summed E-state index contributed by atoms with van der Waals surface area (Å²) in [7, 11) is 0. The van der Waals surface area contributed by atoms with Crippen molar-refractivity contribution in [3.05, 3.63) is 11.6 Å². The molecule has 0 heterocycles. The van der Waals surface area contributed by atoms with Gasteiger partial charge >= 0.3 is 5.97 Å². The maximum absolute atomic E-state index is 11.0. The number of hydrogen-bond donors (Lipinski definition) is 1. The molecule has 2 N–H and O–H groups in total. The van der Waals surface area contributed by atoms with Gasteiger partial charge < -0.3 is 4.84 Å². The molecule has 0 amide bonds. The maximum Gasteiger partial charge on any atom is 0.351 e. The Morgan fingerprint density at radius 2 is 1.40 bits per heavy atom. The van der Waals surface area contributed by atoms with Gasteiger partial charge in [-0.25, -0.2) is 4.79 Å². The third-order valence-electron chi connectivity index (χ3n) is 3.44. The first kappa shape index (κ1) is 21.8. The number of rotatable bonds is 12. The zero-order valence-electron chi connectivity index (χ0n) is 13.2. The Morgan fingerprint density at radius 3 is 1.85 bits per heavy atom. The van der Waals surface area contributed by atoms with Crippen molar-refractivity contribution in [2.24, 2.45) is 5.90 Å². The van der Waals surface area contributed by atoms with Crippen LogP contribution in [0.4, 0.5) is 0 Å². The smallest absolute Gasteiger partial charge is 0.351 e. The lowest BCUT2D eigenvalue weighted by Gasteiger charge is -2.01. The van der Waals surface area contributed by atoms with Crippen molar-refractivity contribution in [2.45, 2.75) is 84.5 Å². The fourth-order valence-corrected chi connectivity index (χ4v) is 2.13. The van der Waals surface area contributed by atoms with Crippen LogP contribution in [0.2, 0.25) is 0 Å². The van der Waals surface area contributed by atoms with Gasteiger partial charge in [0.05, 0.1) is 0 Å². The van der Waals surface area contributed by atoms with Crippen LogP contribution in [0.5, 0.6) is 0 Å². The van der Waals surface area contributed by atoms with E-state index in [0.717, 1.165) is 12.8 Å². The van der Waals surface area contributed by atoms with Crippen LogP contribution in [0.25, 0.3) is 0 Å². The minimum atomic E-state index is -0.424. The monoisotopic (exact) mass is 305 g/mol. The first-order chi connectivity index (χ1) is 9.22. The fraction of sp³-hybridized carbons (Fsp3) is 0.812. The third kappa shape index (κ3) is 13.9. The van der Waals surface area contributed by atoms with Gasteiger partial charge in [-0.2, -0.15) is 5.90 Å². The van der Waals surface area contributed by atoms with E-state index in [1.807, 2.05) is 6.08 Å². The van der Waals surface area contributed by atoms with E-state index in [4.69, 9.17) is 5.90 Å². The number of halogens is 1. The number of hydrogen-bond acceptors (Lipinski definition) is 3. The zero-order chi connectivity index (χ0) is 14.3. The van der Waals surface area contributed by atoms with Crippen LogP contribution in [0.1, 0.15) is 84.5 Å². The molecule has 0 aliphatic heterocycles. The van der Waals surface area contributed by atoms with Crippen molar-refractivity contribution >= 4 is 18.4 Å². The molecular formula is C16H32ClNO2. The lowest BCUT2D eigenvalue weighted by Crippen LogP contribution is -2.10. The number of carbonyl (C=O) groups is 1. The second kappa shape index (κ2) is 16.5. The van der Waals surface area contributed by atoms with E-state index in [1.165, 1.54) is 57.8 Å². The van der Waals surface area contributed by atoms with E-state index in [1.54, 1.807) is 6.92 Å². The van der Waals surface area contributed by atoms with Crippen molar-refractivity contribution in [3.8, 4) is 0 Å². The van der Waals surface area contributed by atoms with Crippen LogP contribution in [-0.4, -0.2) is 5.97 Å². The average molecular weight is 306 g/mol. The summed E-state index contributed by atoms with van der Waals surface area (Å²) in [4.78, 5) is 15.2. The highest BCUT2D eigenvalue weighted by Gasteiger charge is 2.01. The molecule has 20 heavy (non-hydrogen) atoms. The van der Waals surface area contributed by atoms with Crippen molar-refractivity contribution in [2.75, 3.05) is 0 Å². The molecule has 0 aliphatic carbocycles. The molecule has 120 valence electrons. The molecule has 4 heteroatoms. The van der Waals surface area contributed by atoms with Crippen LogP contribution in [0, 0.1) is 0 Å². The number of allylic oxidation sites excluding steroid dienone is 1. The topological polar surface area (TPSA) is 52.3 Å². The van der Waals surface area contributed by atoms with E-state index in [0.29, 0.717) is 5.57 Å². The van der Waals surface area contributed by atoms with Crippen LogP contribution in [-0.2, 0) is 9.63 Å². The zero-order valence-corrected chi connectivity index (χ0v) is 14.0. The van der Waals surface area contributed by atoms with Crippen molar-refractivity contribution < 1.29 is 9.63 Å². The molecule has 0 radical (unpaired) electrons. The predicted molar refractivity (Wildman–Crippen MR) is 87.7 cm³/mol. The molecule has 0 fully saturated rings. The average Bonchev–Trinajstić information content (AvgIpc) is 2.43. The molecular weight excluding hydrogens is 274 g/mol. The summed E-state index contributed by atoms with van der Waals surface area (Å²) >= 11 is 0. The Kier molecular flexibility index (Phi) is 18.0. The Bertz CT molecular complexity index is 255. The van der Waals surface area contributed by atoms with Gasteiger partial charge in [-0.3, -0.25) is 0 Å². The van der Waals surface area contributed by atoms with E-state index in [2.05, 4.69) is 11.8 Å². The summed E-state index contributed by atoms with van der Waals surface area (Å²) in [5.41, 5.74) is 0.610. The van der Waals surface area contributed by atoms with Gasteiger partial charge in [0.2, 0.25) is 0 Å². The quantitative estimate of drug-likeness (QED) is 0.311. The highest BCUT2D eigenvalue weighted by Crippen LogP contribution is 2.11. The summed E-state index contributed by atoms with van der Waals surface area (Å²) in [6.45, 7) is 3.99. The van der Waals surface area contributed by atoms with Gasteiger partial charge in [-0.05, 0) is 19.8 Å². The summed E-state index contributed by atoms with van der Waals surface area (Å²) in [6.07, 6.45) is 16.2. The molecule has 0 rings (SSSR count). The fourth-order valence-electron chi connectivity index (χ4n) is 2.13. The molecule has 0 saturated carbocycles. The molecule has 0 aliphatic rings. The van der Waals surface area contributed by atoms with Crippen LogP contribution in [0.15, 0.2) is 11.6 Å². The molecule has 3 nitrogen and oxygen atoms in total. The third-order valence-corrected chi connectivity index (χ3v) is 3.44. The first-order valence-corrected chi connectivity index (χ1v) is 7.80. The molecule has 0 aromatic rings. The summed E-state index contributed by atoms with van der Waals surface area (Å²) in [5.74, 6) is 4.39. The van der Waals surface area contributed by atoms with Gasteiger partial charge in [-0.15, -0.1) is 12.4 Å². The Labute approximate surface area is 130 Å². The number of nitrogens with two attached hydrogens (primary N) is 1. The van der Waals surface area contributed by atoms with Gasteiger partial charge in [0.1, 0.15) is 0 Å².